The largest absolute Gasteiger partial charge is 0.307 e. The molecule has 0 aliphatic heterocycles. The predicted molar refractivity (Wildman–Crippen MR) is 57.9 cm³/mol. The van der Waals surface area contributed by atoms with Crippen molar-refractivity contribution in [3.8, 4) is 0 Å². The Kier molecular flexibility index (Phi) is 3.00. The summed E-state index contributed by atoms with van der Waals surface area (Å²) in [4.78, 5) is 3.84. The van der Waals surface area contributed by atoms with Crippen molar-refractivity contribution in [1.82, 2.24) is 10.3 Å². The van der Waals surface area contributed by atoms with E-state index in [-0.39, 0.29) is 5.82 Å². The number of hydrogen-bond acceptors (Lipinski definition) is 2. The number of rotatable bonds is 4. The Bertz CT molecular complexity index is 329. The van der Waals surface area contributed by atoms with Gasteiger partial charge in [-0.1, -0.05) is 6.92 Å². The van der Waals surface area contributed by atoms with E-state index in [9.17, 15) is 4.39 Å². The van der Waals surface area contributed by atoms with Crippen LogP contribution in [0, 0.1) is 5.82 Å². The monoisotopic (exact) mass is 208 g/mol. The summed E-state index contributed by atoms with van der Waals surface area (Å²) in [6, 6.07) is 1.54. The lowest BCUT2D eigenvalue weighted by Gasteiger charge is -2.42. The SMILES string of the molecule is CCC1(NCc2cncc(F)c2)CCC1. The molecule has 0 unspecified atom stereocenters. The molecule has 1 saturated carbocycles. The summed E-state index contributed by atoms with van der Waals surface area (Å²) in [5.41, 5.74) is 1.24. The van der Waals surface area contributed by atoms with Crippen molar-refractivity contribution in [3.63, 3.8) is 0 Å². The van der Waals surface area contributed by atoms with Gasteiger partial charge in [-0.3, -0.25) is 4.98 Å². The van der Waals surface area contributed by atoms with Crippen LogP contribution in [-0.2, 0) is 6.54 Å². The number of hydrogen-bond donors (Lipinski definition) is 1. The summed E-state index contributed by atoms with van der Waals surface area (Å²) in [6.07, 6.45) is 7.90. The van der Waals surface area contributed by atoms with Crippen molar-refractivity contribution in [3.05, 3.63) is 29.8 Å². The fraction of sp³-hybridized carbons (Fsp3) is 0.583. The average Bonchev–Trinajstić information content (AvgIpc) is 2.17. The third-order valence-corrected chi connectivity index (χ3v) is 3.42. The maximum absolute atomic E-state index is 12.9. The molecule has 1 aromatic heterocycles. The Hall–Kier alpha value is -0.960. The topological polar surface area (TPSA) is 24.9 Å². The Labute approximate surface area is 89.9 Å². The minimum Gasteiger partial charge on any atom is -0.307 e. The van der Waals surface area contributed by atoms with Crippen LogP contribution < -0.4 is 5.32 Å². The molecule has 1 fully saturated rings. The summed E-state index contributed by atoms with van der Waals surface area (Å²) in [5.74, 6) is -0.256. The number of aromatic nitrogens is 1. The van der Waals surface area contributed by atoms with E-state index in [1.165, 1.54) is 25.5 Å². The Morgan fingerprint density at radius 2 is 2.27 bits per heavy atom. The number of pyridine rings is 1. The lowest BCUT2D eigenvalue weighted by atomic mass is 9.75. The van der Waals surface area contributed by atoms with Gasteiger partial charge in [0.15, 0.2) is 0 Å². The molecule has 1 heterocycles. The number of halogens is 1. The van der Waals surface area contributed by atoms with Crippen LogP contribution in [0.15, 0.2) is 18.5 Å². The van der Waals surface area contributed by atoms with E-state index < -0.39 is 0 Å². The Morgan fingerprint density at radius 3 is 2.80 bits per heavy atom. The van der Waals surface area contributed by atoms with E-state index in [0.29, 0.717) is 5.54 Å². The van der Waals surface area contributed by atoms with Crippen molar-refractivity contribution in [1.29, 1.82) is 0 Å². The Morgan fingerprint density at radius 1 is 1.47 bits per heavy atom. The van der Waals surface area contributed by atoms with E-state index >= 15 is 0 Å². The van der Waals surface area contributed by atoms with Crippen LogP contribution in [0.2, 0.25) is 0 Å². The average molecular weight is 208 g/mol. The van der Waals surface area contributed by atoms with Crippen LogP contribution in [0.5, 0.6) is 0 Å². The van der Waals surface area contributed by atoms with E-state index in [1.54, 1.807) is 12.3 Å². The second kappa shape index (κ2) is 4.27. The predicted octanol–water partition coefficient (Wildman–Crippen LogP) is 2.64. The summed E-state index contributed by atoms with van der Waals surface area (Å²) in [6.45, 7) is 2.93. The molecular weight excluding hydrogens is 191 g/mol. The summed E-state index contributed by atoms with van der Waals surface area (Å²) in [7, 11) is 0. The molecule has 82 valence electrons. The lowest BCUT2D eigenvalue weighted by Crippen LogP contribution is -2.49. The highest BCUT2D eigenvalue weighted by Gasteiger charge is 2.34. The van der Waals surface area contributed by atoms with Crippen LogP contribution in [0.25, 0.3) is 0 Å². The molecule has 0 saturated heterocycles. The van der Waals surface area contributed by atoms with Crippen LogP contribution in [0.4, 0.5) is 4.39 Å². The van der Waals surface area contributed by atoms with Gasteiger partial charge in [-0.2, -0.15) is 0 Å². The quantitative estimate of drug-likeness (QED) is 0.822. The second-order valence-corrected chi connectivity index (χ2v) is 4.35. The van der Waals surface area contributed by atoms with Crippen molar-refractivity contribution in [2.75, 3.05) is 0 Å². The van der Waals surface area contributed by atoms with Crippen molar-refractivity contribution < 1.29 is 4.39 Å². The summed E-state index contributed by atoms with van der Waals surface area (Å²) < 4.78 is 12.9. The van der Waals surface area contributed by atoms with Crippen LogP contribution in [-0.4, -0.2) is 10.5 Å². The van der Waals surface area contributed by atoms with Gasteiger partial charge in [0.05, 0.1) is 6.20 Å². The van der Waals surface area contributed by atoms with Gasteiger partial charge in [0, 0.05) is 18.3 Å². The van der Waals surface area contributed by atoms with Gasteiger partial charge in [-0.05, 0) is 37.3 Å². The molecule has 0 amide bonds. The molecule has 1 aliphatic rings. The first-order valence-electron chi connectivity index (χ1n) is 5.58. The molecule has 1 aromatic rings. The molecule has 15 heavy (non-hydrogen) atoms. The third kappa shape index (κ3) is 2.34. The van der Waals surface area contributed by atoms with Gasteiger partial charge in [0.2, 0.25) is 0 Å². The molecule has 3 heteroatoms. The van der Waals surface area contributed by atoms with Crippen LogP contribution in [0.3, 0.4) is 0 Å². The normalized spacial score (nSPS) is 18.5. The minimum atomic E-state index is -0.256. The van der Waals surface area contributed by atoms with E-state index in [0.717, 1.165) is 18.5 Å². The molecule has 0 radical (unpaired) electrons. The molecule has 2 nitrogen and oxygen atoms in total. The smallest absolute Gasteiger partial charge is 0.141 e. The zero-order valence-corrected chi connectivity index (χ0v) is 9.09. The first kappa shape index (κ1) is 10.6. The summed E-state index contributed by atoms with van der Waals surface area (Å²) >= 11 is 0. The molecule has 0 spiro atoms. The van der Waals surface area contributed by atoms with Crippen LogP contribution in [0.1, 0.15) is 38.2 Å². The Balaban J connectivity index is 1.92. The highest BCUT2D eigenvalue weighted by atomic mass is 19.1. The highest BCUT2D eigenvalue weighted by molar-refractivity contribution is 5.11. The molecule has 0 atom stereocenters. The number of nitrogens with one attached hydrogen (secondary N) is 1. The zero-order valence-electron chi connectivity index (χ0n) is 9.09. The van der Waals surface area contributed by atoms with E-state index in [1.807, 2.05) is 0 Å². The van der Waals surface area contributed by atoms with Crippen molar-refractivity contribution in [2.45, 2.75) is 44.7 Å². The highest BCUT2D eigenvalue weighted by Crippen LogP contribution is 2.34. The van der Waals surface area contributed by atoms with Gasteiger partial charge >= 0.3 is 0 Å². The van der Waals surface area contributed by atoms with Gasteiger partial charge in [-0.25, -0.2) is 4.39 Å². The first-order chi connectivity index (χ1) is 7.24. The molecule has 2 rings (SSSR count). The van der Waals surface area contributed by atoms with Gasteiger partial charge in [0.25, 0.3) is 0 Å². The minimum absolute atomic E-state index is 0.256. The molecule has 0 aromatic carbocycles. The van der Waals surface area contributed by atoms with Gasteiger partial charge < -0.3 is 5.32 Å². The molecule has 1 N–H and O–H groups in total. The first-order valence-corrected chi connectivity index (χ1v) is 5.58. The standard InChI is InChI=1S/C12H17FN2/c1-2-12(4-3-5-12)15-8-10-6-11(13)9-14-7-10/h6-7,9,15H,2-5,8H2,1H3. The van der Waals surface area contributed by atoms with E-state index in [2.05, 4.69) is 17.2 Å². The maximum atomic E-state index is 12.9. The van der Waals surface area contributed by atoms with Crippen molar-refractivity contribution >= 4 is 0 Å². The third-order valence-electron chi connectivity index (χ3n) is 3.42. The number of nitrogens with zero attached hydrogens (tertiary/aromatic N) is 1. The molecule has 0 bridgehead atoms. The lowest BCUT2D eigenvalue weighted by molar-refractivity contribution is 0.175. The van der Waals surface area contributed by atoms with E-state index in [4.69, 9.17) is 0 Å². The second-order valence-electron chi connectivity index (χ2n) is 4.35. The fourth-order valence-corrected chi connectivity index (χ4v) is 2.10. The fourth-order valence-electron chi connectivity index (χ4n) is 2.10. The summed E-state index contributed by atoms with van der Waals surface area (Å²) in [5, 5.41) is 3.52. The van der Waals surface area contributed by atoms with Gasteiger partial charge in [0.1, 0.15) is 5.82 Å². The van der Waals surface area contributed by atoms with Crippen LogP contribution >= 0.6 is 0 Å². The van der Waals surface area contributed by atoms with Crippen molar-refractivity contribution in [2.24, 2.45) is 0 Å². The van der Waals surface area contributed by atoms with Gasteiger partial charge in [-0.15, -0.1) is 0 Å². The molecule has 1 aliphatic carbocycles. The molecular formula is C12H17FN2. The maximum Gasteiger partial charge on any atom is 0.141 e. The zero-order chi connectivity index (χ0) is 10.7.